The van der Waals surface area contributed by atoms with Crippen molar-refractivity contribution < 1.29 is 9.53 Å². The van der Waals surface area contributed by atoms with E-state index in [-0.39, 0.29) is 12.4 Å². The molecule has 0 amide bonds. The van der Waals surface area contributed by atoms with Crippen molar-refractivity contribution in [2.24, 2.45) is 0 Å². The minimum Gasteiger partial charge on any atom is -0.466 e. The van der Waals surface area contributed by atoms with Gasteiger partial charge in [0.15, 0.2) is 5.51 Å². The van der Waals surface area contributed by atoms with Crippen molar-refractivity contribution in [2.75, 3.05) is 6.61 Å². The second-order valence-corrected chi connectivity index (χ2v) is 2.57. The number of carbonyl (C=O) groups excluding carboxylic acids is 1. The molecule has 4 heteroatoms. The molecule has 0 aliphatic heterocycles. The van der Waals surface area contributed by atoms with Gasteiger partial charge in [0.05, 0.1) is 18.7 Å². The van der Waals surface area contributed by atoms with Gasteiger partial charge < -0.3 is 4.74 Å². The minimum absolute atomic E-state index is 0.230. The quantitative estimate of drug-likeness (QED) is 0.636. The SMILES string of the molecule is CCOC(=O)Cc1cs[c]n1. The van der Waals surface area contributed by atoms with Crippen molar-refractivity contribution >= 4 is 17.3 Å². The molecule has 1 radical (unpaired) electrons. The van der Waals surface area contributed by atoms with Crippen molar-refractivity contribution in [3.8, 4) is 0 Å². The third kappa shape index (κ3) is 2.67. The predicted molar refractivity (Wildman–Crippen MR) is 41.3 cm³/mol. The highest BCUT2D eigenvalue weighted by molar-refractivity contribution is 7.07. The van der Waals surface area contributed by atoms with Gasteiger partial charge in [-0.1, -0.05) is 0 Å². The molecule has 1 rings (SSSR count). The molecule has 0 N–H and O–H groups in total. The van der Waals surface area contributed by atoms with Crippen molar-refractivity contribution in [3.63, 3.8) is 0 Å². The molecule has 59 valence electrons. The van der Waals surface area contributed by atoms with Gasteiger partial charge in [-0.15, -0.1) is 11.3 Å². The molecular formula is C7H8NO2S. The summed E-state index contributed by atoms with van der Waals surface area (Å²) in [6.07, 6.45) is 0.258. The molecule has 1 aromatic heterocycles. The summed E-state index contributed by atoms with van der Waals surface area (Å²) in [5.74, 6) is -0.230. The zero-order valence-electron chi connectivity index (χ0n) is 6.16. The average Bonchev–Trinajstić information content (AvgIpc) is 2.40. The van der Waals surface area contributed by atoms with Crippen LogP contribution in [-0.2, 0) is 16.0 Å². The zero-order chi connectivity index (χ0) is 8.10. The Kier molecular flexibility index (Phi) is 3.04. The summed E-state index contributed by atoms with van der Waals surface area (Å²) in [7, 11) is 0. The van der Waals surface area contributed by atoms with E-state index in [1.165, 1.54) is 11.3 Å². The maximum Gasteiger partial charge on any atom is 0.311 e. The zero-order valence-corrected chi connectivity index (χ0v) is 6.98. The number of thiazole rings is 1. The van der Waals surface area contributed by atoms with Gasteiger partial charge in [0.1, 0.15) is 0 Å². The average molecular weight is 170 g/mol. The fourth-order valence-electron chi connectivity index (χ4n) is 0.647. The summed E-state index contributed by atoms with van der Waals surface area (Å²) in [6, 6.07) is 0. The van der Waals surface area contributed by atoms with Gasteiger partial charge in [-0.25, -0.2) is 4.98 Å². The van der Waals surface area contributed by atoms with Crippen LogP contribution in [0, 0.1) is 5.51 Å². The molecule has 0 unspecified atom stereocenters. The standard InChI is InChI=1S/C7H8NO2S/c1-2-10-7(9)3-6-4-11-5-8-6/h4H,2-3H2,1H3. The van der Waals surface area contributed by atoms with Crippen molar-refractivity contribution in [2.45, 2.75) is 13.3 Å². The topological polar surface area (TPSA) is 39.2 Å². The first kappa shape index (κ1) is 8.20. The number of ether oxygens (including phenoxy) is 1. The van der Waals surface area contributed by atoms with Gasteiger partial charge in [-0.2, -0.15) is 0 Å². The van der Waals surface area contributed by atoms with Gasteiger partial charge in [-0.3, -0.25) is 4.79 Å². The Balaban J connectivity index is 2.37. The molecular weight excluding hydrogens is 162 g/mol. The normalized spacial score (nSPS) is 9.55. The molecule has 0 atom stereocenters. The lowest BCUT2D eigenvalue weighted by Crippen LogP contribution is -2.07. The Morgan fingerprint density at radius 1 is 1.91 bits per heavy atom. The van der Waals surface area contributed by atoms with Gasteiger partial charge in [0.2, 0.25) is 0 Å². The van der Waals surface area contributed by atoms with E-state index in [2.05, 4.69) is 10.5 Å². The van der Waals surface area contributed by atoms with E-state index in [0.29, 0.717) is 6.61 Å². The molecule has 0 saturated carbocycles. The molecule has 1 aromatic rings. The number of nitrogens with zero attached hydrogens (tertiary/aromatic N) is 1. The lowest BCUT2D eigenvalue weighted by atomic mass is 10.3. The van der Waals surface area contributed by atoms with Gasteiger partial charge in [0, 0.05) is 5.38 Å². The van der Waals surface area contributed by atoms with E-state index in [0.717, 1.165) is 5.69 Å². The Labute approximate surface area is 69.0 Å². The number of hydrogen-bond acceptors (Lipinski definition) is 4. The molecule has 3 nitrogen and oxygen atoms in total. The third-order valence-corrected chi connectivity index (χ3v) is 1.65. The van der Waals surface area contributed by atoms with E-state index in [1.807, 2.05) is 0 Å². The number of aromatic nitrogens is 1. The van der Waals surface area contributed by atoms with Crippen LogP contribution < -0.4 is 0 Å². The van der Waals surface area contributed by atoms with Crippen LogP contribution in [0.3, 0.4) is 0 Å². The minimum atomic E-state index is -0.230. The molecule has 0 bridgehead atoms. The summed E-state index contributed by atoms with van der Waals surface area (Å²) in [6.45, 7) is 2.21. The Morgan fingerprint density at radius 3 is 3.27 bits per heavy atom. The number of rotatable bonds is 3. The highest BCUT2D eigenvalue weighted by atomic mass is 32.1. The van der Waals surface area contributed by atoms with Crippen LogP contribution in [0.4, 0.5) is 0 Å². The molecule has 0 saturated heterocycles. The Bertz CT molecular complexity index is 220. The molecule has 0 spiro atoms. The summed E-state index contributed by atoms with van der Waals surface area (Å²) in [4.78, 5) is 14.7. The summed E-state index contributed by atoms with van der Waals surface area (Å²) in [5, 5.41) is 1.79. The number of carbonyl (C=O) groups is 1. The van der Waals surface area contributed by atoms with E-state index in [4.69, 9.17) is 4.74 Å². The van der Waals surface area contributed by atoms with E-state index in [1.54, 1.807) is 12.3 Å². The summed E-state index contributed by atoms with van der Waals surface area (Å²) >= 11 is 1.36. The van der Waals surface area contributed by atoms with Crippen LogP contribution in [0.1, 0.15) is 12.6 Å². The molecule has 0 aliphatic carbocycles. The third-order valence-electron chi connectivity index (χ3n) is 1.07. The first-order valence-electron chi connectivity index (χ1n) is 3.29. The Hall–Kier alpha value is -0.900. The predicted octanol–water partition coefficient (Wildman–Crippen LogP) is 1.05. The lowest BCUT2D eigenvalue weighted by Gasteiger charge is -1.97. The van der Waals surface area contributed by atoms with Gasteiger partial charge >= 0.3 is 5.97 Å². The monoisotopic (exact) mass is 170 g/mol. The number of esters is 1. The second-order valence-electron chi connectivity index (χ2n) is 1.91. The first-order valence-corrected chi connectivity index (χ1v) is 4.17. The van der Waals surface area contributed by atoms with E-state index in [9.17, 15) is 4.79 Å². The molecule has 0 aliphatic rings. The van der Waals surface area contributed by atoms with E-state index >= 15 is 0 Å². The number of hydrogen-bond donors (Lipinski definition) is 0. The molecule has 11 heavy (non-hydrogen) atoms. The summed E-state index contributed by atoms with van der Waals surface area (Å²) < 4.78 is 4.73. The van der Waals surface area contributed by atoms with Crippen molar-refractivity contribution in [1.82, 2.24) is 4.98 Å². The second kappa shape index (κ2) is 4.08. The fourth-order valence-corrected chi connectivity index (χ4v) is 1.14. The fraction of sp³-hybridized carbons (Fsp3) is 0.429. The Morgan fingerprint density at radius 2 is 2.73 bits per heavy atom. The van der Waals surface area contributed by atoms with Crippen LogP contribution in [-0.4, -0.2) is 17.6 Å². The van der Waals surface area contributed by atoms with Crippen molar-refractivity contribution in [1.29, 1.82) is 0 Å². The molecule has 1 heterocycles. The van der Waals surface area contributed by atoms with Crippen LogP contribution in [0.15, 0.2) is 5.38 Å². The molecule has 0 aromatic carbocycles. The van der Waals surface area contributed by atoms with Crippen LogP contribution >= 0.6 is 11.3 Å². The van der Waals surface area contributed by atoms with Crippen LogP contribution in [0.2, 0.25) is 0 Å². The molecule has 0 fully saturated rings. The lowest BCUT2D eigenvalue weighted by molar-refractivity contribution is -0.142. The van der Waals surface area contributed by atoms with E-state index < -0.39 is 0 Å². The van der Waals surface area contributed by atoms with Gasteiger partial charge in [0.25, 0.3) is 0 Å². The van der Waals surface area contributed by atoms with Crippen LogP contribution in [0.5, 0.6) is 0 Å². The summed E-state index contributed by atoms with van der Waals surface area (Å²) in [5.41, 5.74) is 3.39. The smallest absolute Gasteiger partial charge is 0.311 e. The highest BCUT2D eigenvalue weighted by Gasteiger charge is 2.04. The first-order chi connectivity index (χ1) is 5.33. The van der Waals surface area contributed by atoms with Gasteiger partial charge in [-0.05, 0) is 6.92 Å². The largest absolute Gasteiger partial charge is 0.466 e. The van der Waals surface area contributed by atoms with Crippen LogP contribution in [0.25, 0.3) is 0 Å². The highest BCUT2D eigenvalue weighted by Crippen LogP contribution is 2.01. The maximum absolute atomic E-state index is 10.8. The van der Waals surface area contributed by atoms with Crippen molar-refractivity contribution in [3.05, 3.63) is 16.6 Å². The maximum atomic E-state index is 10.8.